The number of aromatic nitrogens is 2. The zero-order chi connectivity index (χ0) is 12.9. The van der Waals surface area contributed by atoms with E-state index in [2.05, 4.69) is 21.2 Å². The van der Waals surface area contributed by atoms with Crippen LogP contribution >= 0.6 is 11.5 Å². The van der Waals surface area contributed by atoms with E-state index in [4.69, 9.17) is 9.47 Å². The van der Waals surface area contributed by atoms with Crippen LogP contribution in [0.25, 0.3) is 0 Å². The quantitative estimate of drug-likeness (QED) is 0.831. The van der Waals surface area contributed by atoms with Gasteiger partial charge in [-0.2, -0.15) is 4.37 Å². The van der Waals surface area contributed by atoms with Crippen molar-refractivity contribution >= 4 is 16.7 Å². The number of piperidine rings is 1. The molecule has 0 aromatic carbocycles. The van der Waals surface area contributed by atoms with E-state index in [1.807, 2.05) is 0 Å². The molecule has 19 heavy (non-hydrogen) atoms. The largest absolute Gasteiger partial charge is 0.347 e. The molecule has 2 aliphatic heterocycles. The third-order valence-corrected chi connectivity index (χ3v) is 4.96. The van der Waals surface area contributed by atoms with E-state index in [1.54, 1.807) is 0 Å². The monoisotopic (exact) mass is 281 g/mol. The van der Waals surface area contributed by atoms with Gasteiger partial charge in [-0.3, -0.25) is 0 Å². The molecule has 0 unspecified atom stereocenters. The number of rotatable bonds is 2. The lowest BCUT2D eigenvalue weighted by molar-refractivity contribution is -0.178. The summed E-state index contributed by atoms with van der Waals surface area (Å²) in [7, 11) is 0. The predicted molar refractivity (Wildman–Crippen MR) is 72.6 cm³/mol. The molecule has 1 aromatic rings. The van der Waals surface area contributed by atoms with Crippen molar-refractivity contribution in [1.29, 1.82) is 0 Å². The van der Waals surface area contributed by atoms with Gasteiger partial charge in [0.25, 0.3) is 0 Å². The van der Waals surface area contributed by atoms with Crippen molar-refractivity contribution in [1.82, 2.24) is 9.36 Å². The Balaban J connectivity index is 1.41. The minimum atomic E-state index is -0.320. The first kappa shape index (κ1) is 12.1. The SMILES string of the molecule is C[C@H]1COC2(CCN(c3nc(C4CC4)ns3)CC2)O1. The molecule has 0 bridgehead atoms. The first-order chi connectivity index (χ1) is 9.24. The number of nitrogens with zero attached hydrogens (tertiary/aromatic N) is 3. The van der Waals surface area contributed by atoms with E-state index in [0.29, 0.717) is 5.92 Å². The molecule has 3 fully saturated rings. The fourth-order valence-electron chi connectivity index (χ4n) is 2.87. The third kappa shape index (κ3) is 2.26. The van der Waals surface area contributed by atoms with Crippen LogP contribution in [0.1, 0.15) is 44.3 Å². The number of anilines is 1. The van der Waals surface area contributed by atoms with Gasteiger partial charge in [-0.25, -0.2) is 4.98 Å². The second-order valence-corrected chi connectivity index (χ2v) is 6.58. The molecule has 2 saturated heterocycles. The Morgan fingerprint density at radius 3 is 2.74 bits per heavy atom. The van der Waals surface area contributed by atoms with Gasteiger partial charge in [0, 0.05) is 43.4 Å². The van der Waals surface area contributed by atoms with Gasteiger partial charge in [0.1, 0.15) is 5.82 Å². The van der Waals surface area contributed by atoms with Gasteiger partial charge in [0.05, 0.1) is 12.7 Å². The van der Waals surface area contributed by atoms with Crippen LogP contribution in [0, 0.1) is 0 Å². The molecule has 0 radical (unpaired) electrons. The molecule has 104 valence electrons. The van der Waals surface area contributed by atoms with E-state index in [9.17, 15) is 0 Å². The zero-order valence-corrected chi connectivity index (χ0v) is 12.0. The van der Waals surface area contributed by atoms with Crippen molar-refractivity contribution in [2.24, 2.45) is 0 Å². The topological polar surface area (TPSA) is 47.5 Å². The summed E-state index contributed by atoms with van der Waals surface area (Å²) in [5, 5.41) is 1.07. The van der Waals surface area contributed by atoms with Gasteiger partial charge in [0.2, 0.25) is 5.13 Å². The summed E-state index contributed by atoms with van der Waals surface area (Å²) in [5.41, 5.74) is 0. The molecule has 1 aliphatic carbocycles. The molecular weight excluding hydrogens is 262 g/mol. The Morgan fingerprint density at radius 1 is 1.32 bits per heavy atom. The number of ether oxygens (including phenoxy) is 2. The fraction of sp³-hybridized carbons (Fsp3) is 0.846. The molecule has 1 atom stereocenters. The second-order valence-electron chi connectivity index (χ2n) is 5.85. The van der Waals surface area contributed by atoms with Gasteiger partial charge in [-0.15, -0.1) is 0 Å². The third-order valence-electron chi connectivity index (χ3n) is 4.17. The van der Waals surface area contributed by atoms with Gasteiger partial charge >= 0.3 is 0 Å². The highest BCUT2D eigenvalue weighted by Gasteiger charge is 2.43. The Bertz CT molecular complexity index is 466. The van der Waals surface area contributed by atoms with E-state index < -0.39 is 0 Å². The Hall–Kier alpha value is -0.720. The maximum Gasteiger partial charge on any atom is 0.205 e. The van der Waals surface area contributed by atoms with Crippen LogP contribution < -0.4 is 4.90 Å². The fourth-order valence-corrected chi connectivity index (χ4v) is 3.66. The summed E-state index contributed by atoms with van der Waals surface area (Å²) in [5.74, 6) is 1.38. The molecule has 1 spiro atoms. The number of hydrogen-bond acceptors (Lipinski definition) is 6. The van der Waals surface area contributed by atoms with Crippen molar-refractivity contribution in [2.45, 2.75) is 50.4 Å². The van der Waals surface area contributed by atoms with Gasteiger partial charge < -0.3 is 14.4 Å². The van der Waals surface area contributed by atoms with Crippen LogP contribution in [-0.2, 0) is 9.47 Å². The molecule has 4 rings (SSSR count). The highest BCUT2D eigenvalue weighted by atomic mass is 32.1. The summed E-state index contributed by atoms with van der Waals surface area (Å²) in [6.07, 6.45) is 4.61. The van der Waals surface area contributed by atoms with Crippen LogP contribution in [0.3, 0.4) is 0 Å². The van der Waals surface area contributed by atoms with E-state index in [1.165, 1.54) is 24.4 Å². The molecule has 3 aliphatic rings. The summed E-state index contributed by atoms with van der Waals surface area (Å²) >= 11 is 1.54. The van der Waals surface area contributed by atoms with Crippen LogP contribution in [0.4, 0.5) is 5.13 Å². The van der Waals surface area contributed by atoms with Gasteiger partial charge in [0.15, 0.2) is 5.79 Å². The summed E-state index contributed by atoms with van der Waals surface area (Å²) < 4.78 is 16.3. The zero-order valence-electron chi connectivity index (χ0n) is 11.2. The first-order valence-electron chi connectivity index (χ1n) is 7.14. The molecule has 0 N–H and O–H groups in total. The predicted octanol–water partition coefficient (Wildman–Crippen LogP) is 2.15. The van der Waals surface area contributed by atoms with Crippen LogP contribution in [0.15, 0.2) is 0 Å². The maximum absolute atomic E-state index is 5.95. The second kappa shape index (κ2) is 4.40. The van der Waals surface area contributed by atoms with Crippen molar-refractivity contribution in [3.05, 3.63) is 5.82 Å². The minimum absolute atomic E-state index is 0.231. The number of hydrogen-bond donors (Lipinski definition) is 0. The highest BCUT2D eigenvalue weighted by molar-refractivity contribution is 7.09. The van der Waals surface area contributed by atoms with Crippen LogP contribution in [0.2, 0.25) is 0 Å². The Kier molecular flexibility index (Phi) is 2.79. The Morgan fingerprint density at radius 2 is 2.11 bits per heavy atom. The van der Waals surface area contributed by atoms with Crippen molar-refractivity contribution in [3.63, 3.8) is 0 Å². The van der Waals surface area contributed by atoms with Gasteiger partial charge in [-0.05, 0) is 19.8 Å². The molecule has 1 saturated carbocycles. The molecule has 6 heteroatoms. The summed E-state index contributed by atoms with van der Waals surface area (Å²) in [6, 6.07) is 0. The van der Waals surface area contributed by atoms with E-state index in [-0.39, 0.29) is 11.9 Å². The lowest BCUT2D eigenvalue weighted by Crippen LogP contribution is -2.45. The van der Waals surface area contributed by atoms with Crippen molar-refractivity contribution in [2.75, 3.05) is 24.6 Å². The highest BCUT2D eigenvalue weighted by Crippen LogP contribution is 2.41. The maximum atomic E-state index is 5.95. The smallest absolute Gasteiger partial charge is 0.205 e. The summed E-state index contributed by atoms with van der Waals surface area (Å²) in [4.78, 5) is 7.00. The molecule has 3 heterocycles. The average molecular weight is 281 g/mol. The summed E-state index contributed by atoms with van der Waals surface area (Å²) in [6.45, 7) is 4.70. The van der Waals surface area contributed by atoms with Gasteiger partial charge in [-0.1, -0.05) is 0 Å². The lowest BCUT2D eigenvalue weighted by atomic mass is 10.0. The Labute approximate surface area is 117 Å². The first-order valence-corrected chi connectivity index (χ1v) is 7.92. The molecule has 0 amide bonds. The van der Waals surface area contributed by atoms with E-state index in [0.717, 1.165) is 43.5 Å². The van der Waals surface area contributed by atoms with Crippen LogP contribution in [0.5, 0.6) is 0 Å². The van der Waals surface area contributed by atoms with Crippen molar-refractivity contribution in [3.8, 4) is 0 Å². The minimum Gasteiger partial charge on any atom is -0.347 e. The van der Waals surface area contributed by atoms with E-state index >= 15 is 0 Å². The molecular formula is C13H19N3O2S. The lowest BCUT2D eigenvalue weighted by Gasteiger charge is -2.37. The molecule has 1 aromatic heterocycles. The van der Waals surface area contributed by atoms with Crippen molar-refractivity contribution < 1.29 is 9.47 Å². The van der Waals surface area contributed by atoms with Crippen LogP contribution in [-0.4, -0.2) is 40.9 Å². The average Bonchev–Trinajstić information content (AvgIpc) is 3.05. The molecule has 5 nitrogen and oxygen atoms in total. The normalized spacial score (nSPS) is 30.2. The standard InChI is InChI=1S/C13H19N3O2S/c1-9-8-17-13(18-9)4-6-16(7-5-13)12-14-11(15-19-12)10-2-3-10/h9-10H,2-8H2,1H3/t9-/m0/s1.